The van der Waals surface area contributed by atoms with Gasteiger partial charge in [-0.15, -0.1) is 0 Å². The first-order chi connectivity index (χ1) is 14.5. The highest BCUT2D eigenvalue weighted by Crippen LogP contribution is 2.22. The second-order valence-corrected chi connectivity index (χ2v) is 10.2. The average Bonchev–Trinajstić information content (AvgIpc) is 2.74. The number of ether oxygens (including phenoxy) is 2. The van der Waals surface area contributed by atoms with Crippen LogP contribution >= 0.6 is 21.6 Å². The maximum atomic E-state index is 11.9. The molecule has 0 rings (SSSR count). The largest absolute Gasteiger partial charge is 0.465 e. The van der Waals surface area contributed by atoms with Crippen molar-refractivity contribution >= 4 is 33.5 Å². The Kier molecular flexibility index (Phi) is 21.5. The van der Waals surface area contributed by atoms with Gasteiger partial charge in [0.15, 0.2) is 0 Å². The molecular formula is C22H44N2O4S2. The molecule has 0 heterocycles. The van der Waals surface area contributed by atoms with Crippen LogP contribution in [-0.2, 0) is 19.1 Å². The fourth-order valence-electron chi connectivity index (χ4n) is 2.70. The van der Waals surface area contributed by atoms with E-state index in [1.807, 2.05) is 0 Å². The number of nitrogens with two attached hydrogens (primary N) is 2. The summed E-state index contributed by atoms with van der Waals surface area (Å²) in [7, 11) is 2.86. The van der Waals surface area contributed by atoms with Gasteiger partial charge in [-0.05, 0) is 12.8 Å². The lowest BCUT2D eigenvalue weighted by atomic mass is 10.1. The summed E-state index contributed by atoms with van der Waals surface area (Å²) in [6, 6.07) is -1.31. The summed E-state index contributed by atoms with van der Waals surface area (Å²) >= 11 is 0. The number of carbonyl (C=O) groups excluding carboxylic acids is 2. The first-order valence-corrected chi connectivity index (χ1v) is 14.1. The van der Waals surface area contributed by atoms with Gasteiger partial charge in [0.2, 0.25) is 0 Å². The van der Waals surface area contributed by atoms with E-state index >= 15 is 0 Å². The van der Waals surface area contributed by atoms with Crippen LogP contribution in [0, 0.1) is 0 Å². The molecule has 0 aromatic rings. The van der Waals surface area contributed by atoms with Crippen molar-refractivity contribution in [2.24, 2.45) is 11.5 Å². The Bertz CT molecular complexity index is 390. The zero-order valence-corrected chi connectivity index (χ0v) is 20.7. The molecular weight excluding hydrogens is 420 g/mol. The molecule has 30 heavy (non-hydrogen) atoms. The molecule has 0 aliphatic carbocycles. The standard InChI is InChI=1S/C22H44N2O4S2/c1-3-5-7-9-11-13-15-27-21(25)19(23)17-29-30-18-20(24)22(26)28-16-14-12-10-8-6-4-2/h19-20H,3-18,23-24H2,1-2H3/t19-,20-/m0/s1. The second-order valence-electron chi connectivity index (χ2n) is 7.65. The van der Waals surface area contributed by atoms with E-state index in [0.29, 0.717) is 24.7 Å². The fourth-order valence-corrected chi connectivity index (χ4v) is 4.92. The van der Waals surface area contributed by atoms with Gasteiger partial charge in [0.25, 0.3) is 0 Å². The third-order valence-electron chi connectivity index (χ3n) is 4.67. The van der Waals surface area contributed by atoms with Crippen molar-refractivity contribution in [1.29, 1.82) is 0 Å². The van der Waals surface area contributed by atoms with Crippen LogP contribution in [0.15, 0.2) is 0 Å². The lowest BCUT2D eigenvalue weighted by Crippen LogP contribution is -2.35. The van der Waals surface area contributed by atoms with Crippen LogP contribution in [0.2, 0.25) is 0 Å². The Morgan fingerprint density at radius 3 is 1.33 bits per heavy atom. The van der Waals surface area contributed by atoms with Crippen LogP contribution in [0.3, 0.4) is 0 Å². The lowest BCUT2D eigenvalue weighted by molar-refractivity contribution is -0.145. The van der Waals surface area contributed by atoms with E-state index in [-0.39, 0.29) is 11.9 Å². The van der Waals surface area contributed by atoms with Gasteiger partial charge in [0.05, 0.1) is 13.2 Å². The average molecular weight is 465 g/mol. The topological polar surface area (TPSA) is 105 Å². The number of rotatable bonds is 21. The first-order valence-electron chi connectivity index (χ1n) is 11.6. The number of hydrogen-bond donors (Lipinski definition) is 2. The molecule has 2 atom stereocenters. The van der Waals surface area contributed by atoms with Crippen LogP contribution in [0.5, 0.6) is 0 Å². The van der Waals surface area contributed by atoms with Crippen molar-refractivity contribution < 1.29 is 19.1 Å². The molecule has 0 saturated heterocycles. The maximum Gasteiger partial charge on any atom is 0.323 e. The summed E-state index contributed by atoms with van der Waals surface area (Å²) in [5.74, 6) is 0.137. The molecule has 0 aliphatic heterocycles. The normalized spacial score (nSPS) is 13.1. The van der Waals surface area contributed by atoms with Crippen LogP contribution in [0.4, 0.5) is 0 Å². The number of unbranched alkanes of at least 4 members (excludes halogenated alkanes) is 10. The number of carbonyl (C=O) groups is 2. The Labute approximate surface area is 191 Å². The van der Waals surface area contributed by atoms with Gasteiger partial charge in [-0.2, -0.15) is 0 Å². The Morgan fingerprint density at radius 2 is 0.967 bits per heavy atom. The van der Waals surface area contributed by atoms with E-state index in [1.54, 1.807) is 0 Å². The summed E-state index contributed by atoms with van der Waals surface area (Å²) in [6.07, 6.45) is 13.8. The molecule has 0 radical (unpaired) electrons. The van der Waals surface area contributed by atoms with Gasteiger partial charge in [-0.25, -0.2) is 0 Å². The van der Waals surface area contributed by atoms with Gasteiger partial charge in [0.1, 0.15) is 12.1 Å². The summed E-state index contributed by atoms with van der Waals surface area (Å²) < 4.78 is 10.5. The fraction of sp³-hybridized carbons (Fsp3) is 0.909. The third-order valence-corrected chi connectivity index (χ3v) is 7.14. The Morgan fingerprint density at radius 1 is 0.633 bits per heavy atom. The van der Waals surface area contributed by atoms with Crippen molar-refractivity contribution in [1.82, 2.24) is 0 Å². The summed E-state index contributed by atoms with van der Waals surface area (Å²) in [5.41, 5.74) is 11.7. The molecule has 6 nitrogen and oxygen atoms in total. The minimum absolute atomic E-state index is 0.362. The highest BCUT2D eigenvalue weighted by molar-refractivity contribution is 8.76. The highest BCUT2D eigenvalue weighted by atomic mass is 33.1. The predicted molar refractivity (Wildman–Crippen MR) is 130 cm³/mol. The molecule has 0 amide bonds. The molecule has 8 heteroatoms. The predicted octanol–water partition coefficient (Wildman–Crippen LogP) is 4.83. The number of hydrogen-bond acceptors (Lipinski definition) is 8. The second kappa shape index (κ2) is 21.8. The molecule has 0 aromatic heterocycles. The summed E-state index contributed by atoms with van der Waals surface area (Å²) in [4.78, 5) is 23.8. The number of esters is 2. The molecule has 0 aromatic carbocycles. The van der Waals surface area contributed by atoms with Crippen LogP contribution in [0.1, 0.15) is 90.9 Å². The van der Waals surface area contributed by atoms with Crippen LogP contribution in [-0.4, -0.2) is 48.7 Å². The molecule has 0 fully saturated rings. The van der Waals surface area contributed by atoms with E-state index in [4.69, 9.17) is 20.9 Å². The third kappa shape index (κ3) is 18.3. The highest BCUT2D eigenvalue weighted by Gasteiger charge is 2.18. The molecule has 0 spiro atoms. The quantitative estimate of drug-likeness (QED) is 0.141. The van der Waals surface area contributed by atoms with E-state index in [9.17, 15) is 9.59 Å². The van der Waals surface area contributed by atoms with Crippen molar-refractivity contribution in [3.05, 3.63) is 0 Å². The lowest BCUT2D eigenvalue weighted by Gasteiger charge is -2.13. The zero-order chi connectivity index (χ0) is 22.5. The van der Waals surface area contributed by atoms with Crippen LogP contribution < -0.4 is 11.5 Å². The molecule has 0 aliphatic rings. The van der Waals surface area contributed by atoms with E-state index in [2.05, 4.69) is 13.8 Å². The minimum atomic E-state index is -0.654. The SMILES string of the molecule is CCCCCCCCOC(=O)[C@@H](N)CSSC[C@H](N)C(=O)OCCCCCCCC. The Hall–Kier alpha value is -0.440. The maximum absolute atomic E-state index is 11.9. The summed E-state index contributed by atoms with van der Waals surface area (Å²) in [5, 5.41) is 0. The minimum Gasteiger partial charge on any atom is -0.465 e. The van der Waals surface area contributed by atoms with Gasteiger partial charge in [0, 0.05) is 11.5 Å². The van der Waals surface area contributed by atoms with Crippen molar-refractivity contribution in [3.63, 3.8) is 0 Å². The van der Waals surface area contributed by atoms with E-state index in [1.165, 1.54) is 73.0 Å². The van der Waals surface area contributed by atoms with Crippen molar-refractivity contribution in [2.75, 3.05) is 24.7 Å². The molecule has 178 valence electrons. The molecule has 0 unspecified atom stereocenters. The molecule has 0 bridgehead atoms. The van der Waals surface area contributed by atoms with Crippen molar-refractivity contribution in [2.45, 2.75) is 103 Å². The zero-order valence-electron chi connectivity index (χ0n) is 19.1. The summed E-state index contributed by atoms with van der Waals surface area (Å²) in [6.45, 7) is 5.25. The van der Waals surface area contributed by atoms with Crippen molar-refractivity contribution in [3.8, 4) is 0 Å². The smallest absolute Gasteiger partial charge is 0.323 e. The molecule has 4 N–H and O–H groups in total. The van der Waals surface area contributed by atoms with Crippen LogP contribution in [0.25, 0.3) is 0 Å². The Balaban J connectivity index is 3.62. The van der Waals surface area contributed by atoms with Gasteiger partial charge >= 0.3 is 11.9 Å². The first kappa shape index (κ1) is 29.6. The van der Waals surface area contributed by atoms with Gasteiger partial charge in [-0.1, -0.05) is 99.6 Å². The van der Waals surface area contributed by atoms with E-state index < -0.39 is 12.1 Å². The van der Waals surface area contributed by atoms with Gasteiger partial charge in [-0.3, -0.25) is 9.59 Å². The van der Waals surface area contributed by atoms with E-state index in [0.717, 1.165) is 25.7 Å². The molecule has 0 saturated carbocycles. The monoisotopic (exact) mass is 464 g/mol. The van der Waals surface area contributed by atoms with Gasteiger partial charge < -0.3 is 20.9 Å².